The van der Waals surface area contributed by atoms with Gasteiger partial charge in [-0.15, -0.1) is 0 Å². The Morgan fingerprint density at radius 1 is 1.33 bits per heavy atom. The average molecular weight is 224 g/mol. The number of thioether (sulfide) groups is 1. The van der Waals surface area contributed by atoms with E-state index in [0.29, 0.717) is 0 Å². The second-order valence-corrected chi connectivity index (χ2v) is 4.63. The molecule has 15 heavy (non-hydrogen) atoms. The Kier molecular flexibility index (Phi) is 6.25. The monoisotopic (exact) mass is 224 g/mol. The molecule has 84 valence electrons. The van der Waals surface area contributed by atoms with E-state index >= 15 is 0 Å². The molecular formula is C12H20N2S. The molecule has 1 rings (SSSR count). The molecule has 0 atom stereocenters. The van der Waals surface area contributed by atoms with E-state index in [2.05, 4.69) is 29.4 Å². The highest BCUT2D eigenvalue weighted by Gasteiger charge is 1.96. The van der Waals surface area contributed by atoms with Gasteiger partial charge in [-0.2, -0.15) is 11.8 Å². The molecule has 0 fully saturated rings. The van der Waals surface area contributed by atoms with E-state index in [0.717, 1.165) is 11.6 Å². The van der Waals surface area contributed by atoms with Gasteiger partial charge in [-0.1, -0.05) is 25.8 Å². The lowest BCUT2D eigenvalue weighted by Gasteiger charge is -2.03. The van der Waals surface area contributed by atoms with Gasteiger partial charge in [0.25, 0.3) is 0 Å². The van der Waals surface area contributed by atoms with Gasteiger partial charge in [-0.25, -0.2) is 4.98 Å². The van der Waals surface area contributed by atoms with Gasteiger partial charge in [-0.3, -0.25) is 0 Å². The van der Waals surface area contributed by atoms with Crippen LogP contribution in [0.3, 0.4) is 0 Å². The first kappa shape index (κ1) is 12.4. The molecule has 0 radical (unpaired) electrons. The fourth-order valence-electron chi connectivity index (χ4n) is 1.33. The fraction of sp³-hybridized carbons (Fsp3) is 0.583. The van der Waals surface area contributed by atoms with Gasteiger partial charge < -0.3 is 5.32 Å². The molecule has 0 bridgehead atoms. The molecule has 0 spiro atoms. The minimum Gasteiger partial charge on any atom is -0.373 e. The lowest BCUT2D eigenvalue weighted by atomic mass is 10.3. The van der Waals surface area contributed by atoms with Gasteiger partial charge in [0.15, 0.2) is 0 Å². The molecular weight excluding hydrogens is 204 g/mol. The first-order valence-electron chi connectivity index (χ1n) is 5.58. The molecule has 0 aromatic carbocycles. The Hall–Kier alpha value is -0.700. The molecule has 1 N–H and O–H groups in total. The van der Waals surface area contributed by atoms with Gasteiger partial charge in [0, 0.05) is 12.8 Å². The Bertz CT molecular complexity index is 276. The fourth-order valence-corrected chi connectivity index (χ4v) is 2.25. The largest absolute Gasteiger partial charge is 0.373 e. The number of nitrogens with zero attached hydrogens (tertiary/aromatic N) is 1. The van der Waals surface area contributed by atoms with Crippen LogP contribution in [0.1, 0.15) is 31.9 Å². The predicted octanol–water partition coefficient (Wildman–Crippen LogP) is 3.55. The molecule has 0 saturated heterocycles. The summed E-state index contributed by atoms with van der Waals surface area (Å²) in [6.45, 7) is 2.24. The summed E-state index contributed by atoms with van der Waals surface area (Å²) < 4.78 is 0. The van der Waals surface area contributed by atoms with E-state index < -0.39 is 0 Å². The molecule has 1 heterocycles. The standard InChI is InChI=1S/C12H20N2S/c1-3-4-5-9-15-10-11-7-6-8-12(13-2)14-11/h6-8H,3-5,9-10H2,1-2H3,(H,13,14). The zero-order valence-corrected chi connectivity index (χ0v) is 10.4. The molecule has 0 amide bonds. The third-order valence-corrected chi connectivity index (χ3v) is 3.28. The van der Waals surface area contributed by atoms with Crippen LogP contribution in [0.2, 0.25) is 0 Å². The highest BCUT2D eigenvalue weighted by atomic mass is 32.2. The quantitative estimate of drug-likeness (QED) is 0.717. The van der Waals surface area contributed by atoms with E-state index in [1.165, 1.54) is 30.7 Å². The van der Waals surface area contributed by atoms with E-state index in [-0.39, 0.29) is 0 Å². The van der Waals surface area contributed by atoms with Crippen LogP contribution in [0, 0.1) is 0 Å². The zero-order valence-electron chi connectivity index (χ0n) is 9.62. The molecule has 0 aliphatic carbocycles. The van der Waals surface area contributed by atoms with E-state index in [1.54, 1.807) is 0 Å². The third kappa shape index (κ3) is 5.07. The SMILES string of the molecule is CCCCCSCc1cccc(NC)n1. The lowest BCUT2D eigenvalue weighted by molar-refractivity contribution is 0.778. The smallest absolute Gasteiger partial charge is 0.125 e. The molecule has 3 heteroatoms. The van der Waals surface area contributed by atoms with Crippen molar-refractivity contribution >= 4 is 17.6 Å². The summed E-state index contributed by atoms with van der Waals surface area (Å²) in [7, 11) is 1.90. The number of unbranched alkanes of at least 4 members (excludes halogenated alkanes) is 2. The summed E-state index contributed by atoms with van der Waals surface area (Å²) in [4.78, 5) is 4.48. The molecule has 1 aromatic heterocycles. The minimum absolute atomic E-state index is 0.960. The first-order valence-corrected chi connectivity index (χ1v) is 6.73. The highest BCUT2D eigenvalue weighted by molar-refractivity contribution is 7.98. The van der Waals surface area contributed by atoms with Crippen molar-refractivity contribution in [1.29, 1.82) is 0 Å². The van der Waals surface area contributed by atoms with Crippen molar-refractivity contribution in [2.45, 2.75) is 31.9 Å². The summed E-state index contributed by atoms with van der Waals surface area (Å²) in [6, 6.07) is 6.14. The summed E-state index contributed by atoms with van der Waals surface area (Å²) in [6.07, 6.45) is 3.97. The molecule has 0 aliphatic rings. The number of pyridine rings is 1. The van der Waals surface area contributed by atoms with Gasteiger partial charge in [0.2, 0.25) is 0 Å². The second kappa shape index (κ2) is 7.57. The highest BCUT2D eigenvalue weighted by Crippen LogP contribution is 2.14. The Balaban J connectivity index is 2.24. The summed E-state index contributed by atoms with van der Waals surface area (Å²) >= 11 is 1.98. The van der Waals surface area contributed by atoms with E-state index in [9.17, 15) is 0 Å². The van der Waals surface area contributed by atoms with Crippen LogP contribution in [-0.4, -0.2) is 17.8 Å². The minimum atomic E-state index is 0.960. The number of aromatic nitrogens is 1. The number of hydrogen-bond donors (Lipinski definition) is 1. The molecule has 1 aromatic rings. The molecule has 2 nitrogen and oxygen atoms in total. The Morgan fingerprint density at radius 3 is 2.93 bits per heavy atom. The Morgan fingerprint density at radius 2 is 2.20 bits per heavy atom. The van der Waals surface area contributed by atoms with Crippen LogP contribution in [0.4, 0.5) is 5.82 Å². The molecule has 0 saturated carbocycles. The van der Waals surface area contributed by atoms with Crippen molar-refractivity contribution in [3.63, 3.8) is 0 Å². The first-order chi connectivity index (χ1) is 7.36. The van der Waals surface area contributed by atoms with Crippen molar-refractivity contribution in [2.75, 3.05) is 18.1 Å². The van der Waals surface area contributed by atoms with Crippen molar-refractivity contribution in [1.82, 2.24) is 4.98 Å². The number of nitrogens with one attached hydrogen (secondary N) is 1. The van der Waals surface area contributed by atoms with Crippen molar-refractivity contribution in [3.05, 3.63) is 23.9 Å². The van der Waals surface area contributed by atoms with Crippen LogP contribution < -0.4 is 5.32 Å². The number of anilines is 1. The van der Waals surface area contributed by atoms with Gasteiger partial charge >= 0.3 is 0 Å². The number of rotatable bonds is 7. The van der Waals surface area contributed by atoms with Crippen molar-refractivity contribution < 1.29 is 0 Å². The topological polar surface area (TPSA) is 24.9 Å². The van der Waals surface area contributed by atoms with Crippen LogP contribution in [0.15, 0.2) is 18.2 Å². The van der Waals surface area contributed by atoms with Crippen LogP contribution >= 0.6 is 11.8 Å². The van der Waals surface area contributed by atoms with Crippen LogP contribution in [0.25, 0.3) is 0 Å². The maximum Gasteiger partial charge on any atom is 0.125 e. The predicted molar refractivity (Wildman–Crippen MR) is 69.5 cm³/mol. The van der Waals surface area contributed by atoms with Gasteiger partial charge in [-0.05, 0) is 24.3 Å². The Labute approximate surface area is 96.9 Å². The number of hydrogen-bond acceptors (Lipinski definition) is 3. The maximum atomic E-state index is 4.48. The maximum absolute atomic E-state index is 4.48. The average Bonchev–Trinajstić information content (AvgIpc) is 2.29. The summed E-state index contributed by atoms with van der Waals surface area (Å²) in [5.74, 6) is 3.24. The summed E-state index contributed by atoms with van der Waals surface area (Å²) in [5, 5.41) is 3.06. The van der Waals surface area contributed by atoms with E-state index in [4.69, 9.17) is 0 Å². The summed E-state index contributed by atoms with van der Waals surface area (Å²) in [5.41, 5.74) is 1.17. The van der Waals surface area contributed by atoms with Crippen molar-refractivity contribution in [2.24, 2.45) is 0 Å². The molecule has 0 aliphatic heterocycles. The normalized spacial score (nSPS) is 10.3. The molecule has 0 unspecified atom stereocenters. The van der Waals surface area contributed by atoms with Gasteiger partial charge in [0.1, 0.15) is 5.82 Å². The second-order valence-electron chi connectivity index (χ2n) is 3.52. The van der Waals surface area contributed by atoms with Crippen LogP contribution in [-0.2, 0) is 5.75 Å². The zero-order chi connectivity index (χ0) is 10.9. The van der Waals surface area contributed by atoms with E-state index in [1.807, 2.05) is 24.9 Å². The van der Waals surface area contributed by atoms with Crippen molar-refractivity contribution in [3.8, 4) is 0 Å². The lowest BCUT2D eigenvalue weighted by Crippen LogP contribution is -1.95. The van der Waals surface area contributed by atoms with Gasteiger partial charge in [0.05, 0.1) is 5.69 Å². The third-order valence-electron chi connectivity index (χ3n) is 2.21. The van der Waals surface area contributed by atoms with Crippen LogP contribution in [0.5, 0.6) is 0 Å².